The van der Waals surface area contributed by atoms with E-state index < -0.39 is 0 Å². The first-order valence-corrected chi connectivity index (χ1v) is 6.59. The maximum atomic E-state index is 5.75. The summed E-state index contributed by atoms with van der Waals surface area (Å²) >= 11 is 4.50. The molecule has 0 unspecified atom stereocenters. The van der Waals surface area contributed by atoms with Crippen LogP contribution in [0.3, 0.4) is 0 Å². The highest BCUT2D eigenvalue weighted by molar-refractivity contribution is 7.80. The number of anilines is 2. The van der Waals surface area contributed by atoms with E-state index in [1.54, 1.807) is 0 Å². The van der Waals surface area contributed by atoms with Crippen LogP contribution in [0, 0.1) is 0 Å². The number of hydrogen-bond donors (Lipinski definition) is 2. The maximum Gasteiger partial charge on any atom is 0.0440 e. The SMILES string of the molecule is Nc1ccc(CN2CCc3ccccc32)c(S)c1. The zero-order valence-electron chi connectivity index (χ0n) is 10.1. The molecule has 2 nitrogen and oxygen atoms in total. The summed E-state index contributed by atoms with van der Waals surface area (Å²) in [6.07, 6.45) is 1.13. The molecule has 0 saturated heterocycles. The predicted octanol–water partition coefficient (Wildman–Crippen LogP) is 3.12. The highest BCUT2D eigenvalue weighted by Crippen LogP contribution is 2.30. The minimum atomic E-state index is 0.769. The molecule has 1 aliphatic heterocycles. The topological polar surface area (TPSA) is 29.3 Å². The molecule has 0 radical (unpaired) electrons. The van der Waals surface area contributed by atoms with Gasteiger partial charge in [-0.05, 0) is 35.7 Å². The van der Waals surface area contributed by atoms with Crippen LogP contribution in [-0.2, 0) is 13.0 Å². The third-order valence-corrected chi connectivity index (χ3v) is 3.87. The predicted molar refractivity (Wildman–Crippen MR) is 79.3 cm³/mol. The molecule has 1 heterocycles. The smallest absolute Gasteiger partial charge is 0.0440 e. The number of thiol groups is 1. The van der Waals surface area contributed by atoms with E-state index in [0.717, 1.165) is 30.1 Å². The molecular weight excluding hydrogens is 240 g/mol. The quantitative estimate of drug-likeness (QED) is 0.638. The van der Waals surface area contributed by atoms with E-state index in [9.17, 15) is 0 Å². The second kappa shape index (κ2) is 4.58. The second-order valence-corrected chi connectivity index (χ2v) is 5.17. The summed E-state index contributed by atoms with van der Waals surface area (Å²) in [5.41, 5.74) is 10.5. The summed E-state index contributed by atoms with van der Waals surface area (Å²) in [4.78, 5) is 3.37. The first-order chi connectivity index (χ1) is 8.74. The Kier molecular flexibility index (Phi) is 2.92. The van der Waals surface area contributed by atoms with Gasteiger partial charge in [-0.1, -0.05) is 24.3 Å². The van der Waals surface area contributed by atoms with E-state index in [1.807, 2.05) is 12.1 Å². The van der Waals surface area contributed by atoms with Crippen LogP contribution < -0.4 is 10.6 Å². The average Bonchev–Trinajstić information content (AvgIpc) is 2.76. The molecule has 0 amide bonds. The first kappa shape index (κ1) is 11.5. The fraction of sp³-hybridized carbons (Fsp3) is 0.200. The van der Waals surface area contributed by atoms with E-state index in [2.05, 4.69) is 47.9 Å². The van der Waals surface area contributed by atoms with E-state index in [-0.39, 0.29) is 0 Å². The Balaban J connectivity index is 1.86. The Labute approximate surface area is 113 Å². The lowest BCUT2D eigenvalue weighted by atomic mass is 10.1. The zero-order valence-corrected chi connectivity index (χ0v) is 11.0. The fourth-order valence-electron chi connectivity index (χ4n) is 2.49. The monoisotopic (exact) mass is 256 g/mol. The van der Waals surface area contributed by atoms with Crippen LogP contribution >= 0.6 is 12.6 Å². The van der Waals surface area contributed by atoms with Gasteiger partial charge in [0.1, 0.15) is 0 Å². The summed E-state index contributed by atoms with van der Waals surface area (Å²) in [5.74, 6) is 0. The molecule has 0 aliphatic carbocycles. The van der Waals surface area contributed by atoms with Crippen molar-refractivity contribution in [2.75, 3.05) is 17.2 Å². The molecule has 0 aromatic heterocycles. The number of nitrogens with two attached hydrogens (primary N) is 1. The Hall–Kier alpha value is -1.61. The molecule has 2 N–H and O–H groups in total. The Morgan fingerprint density at radius 1 is 1.17 bits per heavy atom. The van der Waals surface area contributed by atoms with Crippen LogP contribution in [0.25, 0.3) is 0 Å². The summed E-state index contributed by atoms with van der Waals surface area (Å²) < 4.78 is 0. The van der Waals surface area contributed by atoms with Crippen molar-refractivity contribution < 1.29 is 0 Å². The highest BCUT2D eigenvalue weighted by Gasteiger charge is 2.18. The zero-order chi connectivity index (χ0) is 12.5. The van der Waals surface area contributed by atoms with Crippen LogP contribution in [0.4, 0.5) is 11.4 Å². The van der Waals surface area contributed by atoms with Crippen molar-refractivity contribution in [2.45, 2.75) is 17.9 Å². The summed E-state index contributed by atoms with van der Waals surface area (Å²) in [6, 6.07) is 14.5. The number of para-hydroxylation sites is 1. The normalized spacial score (nSPS) is 13.7. The molecule has 3 rings (SSSR count). The number of hydrogen-bond acceptors (Lipinski definition) is 3. The highest BCUT2D eigenvalue weighted by atomic mass is 32.1. The Morgan fingerprint density at radius 2 is 2.00 bits per heavy atom. The minimum absolute atomic E-state index is 0.769. The molecule has 2 aromatic carbocycles. The molecule has 92 valence electrons. The van der Waals surface area contributed by atoms with Gasteiger partial charge >= 0.3 is 0 Å². The Morgan fingerprint density at radius 3 is 2.83 bits per heavy atom. The molecule has 18 heavy (non-hydrogen) atoms. The van der Waals surface area contributed by atoms with Crippen LogP contribution in [0.15, 0.2) is 47.4 Å². The number of nitrogen functional groups attached to an aromatic ring is 1. The molecule has 0 fully saturated rings. The fourth-order valence-corrected chi connectivity index (χ4v) is 2.79. The van der Waals surface area contributed by atoms with Gasteiger partial charge in [-0.3, -0.25) is 0 Å². The van der Waals surface area contributed by atoms with E-state index >= 15 is 0 Å². The van der Waals surface area contributed by atoms with Crippen LogP contribution in [-0.4, -0.2) is 6.54 Å². The van der Waals surface area contributed by atoms with Crippen molar-refractivity contribution in [1.82, 2.24) is 0 Å². The average molecular weight is 256 g/mol. The third-order valence-electron chi connectivity index (χ3n) is 3.45. The van der Waals surface area contributed by atoms with E-state index in [4.69, 9.17) is 5.73 Å². The van der Waals surface area contributed by atoms with Gasteiger partial charge in [-0.2, -0.15) is 0 Å². The number of rotatable bonds is 2. The summed E-state index contributed by atoms with van der Waals surface area (Å²) in [6.45, 7) is 1.98. The van der Waals surface area contributed by atoms with Gasteiger partial charge in [0.25, 0.3) is 0 Å². The van der Waals surface area contributed by atoms with Crippen molar-refractivity contribution in [3.05, 3.63) is 53.6 Å². The van der Waals surface area contributed by atoms with Crippen molar-refractivity contribution in [3.8, 4) is 0 Å². The number of nitrogens with zero attached hydrogens (tertiary/aromatic N) is 1. The molecule has 0 spiro atoms. The van der Waals surface area contributed by atoms with Crippen molar-refractivity contribution in [2.24, 2.45) is 0 Å². The molecule has 3 heteroatoms. The lowest BCUT2D eigenvalue weighted by Gasteiger charge is -2.20. The molecule has 2 aromatic rings. The number of fused-ring (bicyclic) bond motifs is 1. The molecule has 0 atom stereocenters. The molecule has 1 aliphatic rings. The lowest BCUT2D eigenvalue weighted by Crippen LogP contribution is -2.19. The second-order valence-electron chi connectivity index (χ2n) is 4.69. The standard InChI is InChI=1S/C15H16N2S/c16-13-6-5-12(15(18)9-13)10-17-8-7-11-3-1-2-4-14(11)17/h1-6,9,18H,7-8,10,16H2. The summed E-state index contributed by atoms with van der Waals surface area (Å²) in [5, 5.41) is 0. The van der Waals surface area contributed by atoms with Crippen LogP contribution in [0.1, 0.15) is 11.1 Å². The van der Waals surface area contributed by atoms with Gasteiger partial charge in [-0.25, -0.2) is 0 Å². The van der Waals surface area contributed by atoms with Crippen molar-refractivity contribution >= 4 is 24.0 Å². The van der Waals surface area contributed by atoms with E-state index in [1.165, 1.54) is 16.8 Å². The number of benzene rings is 2. The van der Waals surface area contributed by atoms with E-state index in [0.29, 0.717) is 0 Å². The lowest BCUT2D eigenvalue weighted by molar-refractivity contribution is 0.825. The van der Waals surface area contributed by atoms with Crippen LogP contribution in [0.2, 0.25) is 0 Å². The van der Waals surface area contributed by atoms with Crippen LogP contribution in [0.5, 0.6) is 0 Å². The summed E-state index contributed by atoms with van der Waals surface area (Å²) in [7, 11) is 0. The largest absolute Gasteiger partial charge is 0.399 e. The van der Waals surface area contributed by atoms with Crippen molar-refractivity contribution in [1.29, 1.82) is 0 Å². The van der Waals surface area contributed by atoms with Gasteiger partial charge < -0.3 is 10.6 Å². The molecule has 0 bridgehead atoms. The maximum absolute atomic E-state index is 5.75. The van der Waals surface area contributed by atoms with Gasteiger partial charge in [0.15, 0.2) is 0 Å². The van der Waals surface area contributed by atoms with Crippen molar-refractivity contribution in [3.63, 3.8) is 0 Å². The van der Waals surface area contributed by atoms with Gasteiger partial charge in [0, 0.05) is 29.4 Å². The molecule has 0 saturated carbocycles. The van der Waals surface area contributed by atoms with Gasteiger partial charge in [-0.15, -0.1) is 12.6 Å². The third kappa shape index (κ3) is 2.06. The van der Waals surface area contributed by atoms with Gasteiger partial charge in [0.05, 0.1) is 0 Å². The first-order valence-electron chi connectivity index (χ1n) is 6.14. The minimum Gasteiger partial charge on any atom is -0.399 e. The Bertz CT molecular complexity index is 580. The van der Waals surface area contributed by atoms with Gasteiger partial charge in [0.2, 0.25) is 0 Å². The molecular formula is C15H16N2S.